The molecule has 3 heterocycles. The van der Waals surface area contributed by atoms with Crippen LogP contribution >= 0.6 is 0 Å². The molecular formula is C28H34F2N6O2. The highest BCUT2D eigenvalue weighted by Crippen LogP contribution is 2.42. The number of alkyl halides is 2. The molecule has 2 saturated carbocycles. The first-order valence-electron chi connectivity index (χ1n) is 13.5. The largest absolute Gasteiger partial charge is 0.349 e. The second kappa shape index (κ2) is 10.7. The van der Waals surface area contributed by atoms with Gasteiger partial charge in [0.2, 0.25) is 11.8 Å². The summed E-state index contributed by atoms with van der Waals surface area (Å²) in [7, 11) is 0. The average Bonchev–Trinajstić information content (AvgIpc) is 3.64. The number of amides is 2. The summed E-state index contributed by atoms with van der Waals surface area (Å²) in [6.45, 7) is 3.83. The number of halogens is 2. The van der Waals surface area contributed by atoms with Crippen LogP contribution in [0.25, 0.3) is 5.65 Å². The molecule has 5 rings (SSSR count). The first kappa shape index (κ1) is 26.2. The number of carbonyl (C=O) groups excluding carboxylic acids is 2. The standard InChI is InChI=1S/C28H34F2N6O2/c1-3-4-24(37)34-25(18-5-6-18)20-12-23-33-22(16-36(23)32-15-20)26(19-7-9-28(29,30)10-8-19)35-27(38)21-11-17(2)13-31-14-21/h11-16,18-19,25-26H,3-10H2,1-2H3,(H,34,37)(H,35,38)/t25-,26+/m1/s1. The molecule has 0 aliphatic heterocycles. The van der Waals surface area contributed by atoms with E-state index in [1.54, 1.807) is 29.2 Å². The van der Waals surface area contributed by atoms with Crippen LogP contribution in [0.15, 0.2) is 36.9 Å². The molecule has 2 atom stereocenters. The smallest absolute Gasteiger partial charge is 0.253 e. The van der Waals surface area contributed by atoms with Crippen molar-refractivity contribution in [2.45, 2.75) is 83.2 Å². The van der Waals surface area contributed by atoms with Crippen molar-refractivity contribution in [3.8, 4) is 0 Å². The summed E-state index contributed by atoms with van der Waals surface area (Å²) in [5.74, 6) is -2.78. The van der Waals surface area contributed by atoms with Gasteiger partial charge in [-0.15, -0.1) is 0 Å². The van der Waals surface area contributed by atoms with Gasteiger partial charge in [0.1, 0.15) is 0 Å². The van der Waals surface area contributed by atoms with Crippen molar-refractivity contribution in [3.63, 3.8) is 0 Å². The number of hydrogen-bond donors (Lipinski definition) is 2. The molecule has 2 aliphatic rings. The Hall–Kier alpha value is -3.43. The first-order chi connectivity index (χ1) is 18.2. The molecule has 0 spiro atoms. The highest BCUT2D eigenvalue weighted by molar-refractivity contribution is 5.94. The van der Waals surface area contributed by atoms with Gasteiger partial charge in [-0.05, 0) is 74.1 Å². The molecule has 2 N–H and O–H groups in total. The number of pyridine rings is 1. The Morgan fingerprint density at radius 3 is 2.47 bits per heavy atom. The fraction of sp³-hybridized carbons (Fsp3) is 0.536. The monoisotopic (exact) mass is 524 g/mol. The van der Waals surface area contributed by atoms with E-state index in [1.807, 2.05) is 19.9 Å². The Morgan fingerprint density at radius 1 is 1.05 bits per heavy atom. The van der Waals surface area contributed by atoms with Crippen LogP contribution in [0.3, 0.4) is 0 Å². The van der Waals surface area contributed by atoms with Crippen LogP contribution < -0.4 is 10.6 Å². The van der Waals surface area contributed by atoms with Gasteiger partial charge in [0.05, 0.1) is 35.7 Å². The molecule has 38 heavy (non-hydrogen) atoms. The van der Waals surface area contributed by atoms with Crippen LogP contribution in [-0.4, -0.2) is 37.3 Å². The second-order valence-corrected chi connectivity index (χ2v) is 10.8. The summed E-state index contributed by atoms with van der Waals surface area (Å²) in [5.41, 5.74) is 3.33. The van der Waals surface area contributed by atoms with Crippen LogP contribution in [0.5, 0.6) is 0 Å². The minimum atomic E-state index is -2.68. The lowest BCUT2D eigenvalue weighted by molar-refractivity contribution is -0.122. The molecule has 202 valence electrons. The predicted molar refractivity (Wildman–Crippen MR) is 138 cm³/mol. The number of imidazole rings is 1. The number of aryl methyl sites for hydroxylation is 1. The van der Waals surface area contributed by atoms with Crippen molar-refractivity contribution in [2.75, 3.05) is 0 Å². The lowest BCUT2D eigenvalue weighted by atomic mass is 9.81. The number of carbonyl (C=O) groups is 2. The normalized spacial score (nSPS) is 19.2. The highest BCUT2D eigenvalue weighted by atomic mass is 19.3. The summed E-state index contributed by atoms with van der Waals surface area (Å²) in [4.78, 5) is 34.4. The van der Waals surface area contributed by atoms with E-state index < -0.39 is 12.0 Å². The molecule has 10 heteroatoms. The fourth-order valence-electron chi connectivity index (χ4n) is 5.34. The quantitative estimate of drug-likeness (QED) is 0.406. The van der Waals surface area contributed by atoms with Crippen LogP contribution in [0.4, 0.5) is 8.78 Å². The van der Waals surface area contributed by atoms with Gasteiger partial charge in [-0.3, -0.25) is 14.6 Å². The van der Waals surface area contributed by atoms with Gasteiger partial charge >= 0.3 is 0 Å². The number of nitrogens with zero attached hydrogens (tertiary/aromatic N) is 4. The van der Waals surface area contributed by atoms with Crippen molar-refractivity contribution < 1.29 is 18.4 Å². The zero-order valence-corrected chi connectivity index (χ0v) is 21.8. The molecule has 3 aromatic rings. The molecule has 0 saturated heterocycles. The Kier molecular flexibility index (Phi) is 7.40. The summed E-state index contributed by atoms with van der Waals surface area (Å²) in [6, 6.07) is 3.00. The maximum absolute atomic E-state index is 14.0. The predicted octanol–water partition coefficient (Wildman–Crippen LogP) is 5.10. The summed E-state index contributed by atoms with van der Waals surface area (Å²) < 4.78 is 29.6. The van der Waals surface area contributed by atoms with Crippen molar-refractivity contribution in [1.29, 1.82) is 0 Å². The van der Waals surface area contributed by atoms with Gasteiger partial charge in [-0.1, -0.05) is 6.92 Å². The molecule has 2 amide bonds. The SMILES string of the molecule is CCCC(=O)N[C@@H](c1cnn2cc([C@@H](NC(=O)c3cncc(C)c3)C3CCC(F)(F)CC3)nc2c1)C1CC1. The van der Waals surface area contributed by atoms with Crippen molar-refractivity contribution in [2.24, 2.45) is 11.8 Å². The van der Waals surface area contributed by atoms with Gasteiger partial charge in [0.25, 0.3) is 5.91 Å². The van der Waals surface area contributed by atoms with Crippen molar-refractivity contribution in [3.05, 3.63) is 59.3 Å². The third kappa shape index (κ3) is 6.00. The Balaban J connectivity index is 1.43. The second-order valence-electron chi connectivity index (χ2n) is 10.8. The topological polar surface area (TPSA) is 101 Å². The number of hydrogen-bond acceptors (Lipinski definition) is 5. The van der Waals surface area contributed by atoms with Crippen molar-refractivity contribution in [1.82, 2.24) is 30.2 Å². The van der Waals surface area contributed by atoms with E-state index in [4.69, 9.17) is 4.98 Å². The molecule has 0 aromatic carbocycles. The van der Waals surface area contributed by atoms with E-state index in [1.165, 1.54) is 6.20 Å². The van der Waals surface area contributed by atoms with E-state index in [2.05, 4.69) is 20.7 Å². The minimum Gasteiger partial charge on any atom is -0.349 e. The summed E-state index contributed by atoms with van der Waals surface area (Å²) in [6.07, 6.45) is 10.2. The van der Waals surface area contributed by atoms with E-state index in [9.17, 15) is 18.4 Å². The molecule has 3 aromatic heterocycles. The van der Waals surface area contributed by atoms with E-state index in [0.717, 1.165) is 30.4 Å². The average molecular weight is 525 g/mol. The number of rotatable bonds is 9. The van der Waals surface area contributed by atoms with Gasteiger partial charge in [-0.2, -0.15) is 5.10 Å². The summed E-state index contributed by atoms with van der Waals surface area (Å²) in [5, 5.41) is 10.8. The van der Waals surface area contributed by atoms with Gasteiger partial charge in [-0.25, -0.2) is 18.3 Å². The Morgan fingerprint density at radius 2 is 1.79 bits per heavy atom. The number of nitrogens with one attached hydrogen (secondary N) is 2. The molecule has 2 aliphatic carbocycles. The molecule has 8 nitrogen and oxygen atoms in total. The minimum absolute atomic E-state index is 0.0239. The van der Waals surface area contributed by atoms with Crippen LogP contribution in [0, 0.1) is 18.8 Å². The molecule has 0 radical (unpaired) electrons. The Labute approximate surface area is 220 Å². The van der Waals surface area contributed by atoms with Crippen LogP contribution in [-0.2, 0) is 4.79 Å². The van der Waals surface area contributed by atoms with Crippen molar-refractivity contribution >= 4 is 17.5 Å². The molecule has 0 bridgehead atoms. The first-order valence-corrected chi connectivity index (χ1v) is 13.5. The third-order valence-corrected chi connectivity index (χ3v) is 7.58. The maximum atomic E-state index is 14.0. The lowest BCUT2D eigenvalue weighted by Gasteiger charge is -2.33. The number of aromatic nitrogens is 4. The van der Waals surface area contributed by atoms with Gasteiger partial charge in [0.15, 0.2) is 5.65 Å². The third-order valence-electron chi connectivity index (χ3n) is 7.58. The fourth-order valence-corrected chi connectivity index (χ4v) is 5.34. The zero-order chi connectivity index (χ0) is 26.9. The van der Waals surface area contributed by atoms with E-state index in [-0.39, 0.29) is 49.5 Å². The number of fused-ring (bicyclic) bond motifs is 1. The van der Waals surface area contributed by atoms with Crippen LogP contribution in [0.2, 0.25) is 0 Å². The van der Waals surface area contributed by atoms with Gasteiger partial charge in [0, 0.05) is 31.7 Å². The molecular weight excluding hydrogens is 490 g/mol. The Bertz CT molecular complexity index is 1310. The highest BCUT2D eigenvalue weighted by Gasteiger charge is 2.39. The van der Waals surface area contributed by atoms with E-state index in [0.29, 0.717) is 29.2 Å². The maximum Gasteiger partial charge on any atom is 0.253 e. The van der Waals surface area contributed by atoms with Crippen LogP contribution in [0.1, 0.15) is 97.6 Å². The van der Waals surface area contributed by atoms with E-state index >= 15 is 0 Å². The lowest BCUT2D eigenvalue weighted by Crippen LogP contribution is -2.37. The molecule has 2 fully saturated rings. The summed E-state index contributed by atoms with van der Waals surface area (Å²) >= 11 is 0. The molecule has 0 unspecified atom stereocenters. The van der Waals surface area contributed by atoms with Gasteiger partial charge < -0.3 is 10.6 Å². The zero-order valence-electron chi connectivity index (χ0n) is 21.8.